The Bertz CT molecular complexity index is 642. The van der Waals surface area contributed by atoms with Crippen LogP contribution < -0.4 is 11.0 Å². The van der Waals surface area contributed by atoms with Crippen LogP contribution in [0.2, 0.25) is 0 Å². The molecule has 0 aliphatic carbocycles. The van der Waals surface area contributed by atoms with Gasteiger partial charge in [-0.05, 0) is 19.3 Å². The number of unbranched alkanes of at least 4 members (excludes halogenated alkanes) is 8. The number of nitrogens with zero attached hydrogens (tertiary/aromatic N) is 2. The smallest absolute Gasteiger partial charge is 0.351 e. The van der Waals surface area contributed by atoms with Crippen molar-refractivity contribution >= 4 is 11.7 Å². The van der Waals surface area contributed by atoms with Crippen molar-refractivity contribution in [2.75, 3.05) is 11.9 Å². The molecule has 1 amide bonds. The van der Waals surface area contributed by atoms with Crippen LogP contribution in [-0.2, 0) is 9.53 Å². The number of carbonyl (C=O) groups excluding carboxylic acids is 1. The van der Waals surface area contributed by atoms with Gasteiger partial charge in [0.15, 0.2) is 11.6 Å². The molecule has 1 N–H and O–H groups in total. The van der Waals surface area contributed by atoms with Crippen molar-refractivity contribution in [2.45, 2.75) is 90.2 Å². The van der Waals surface area contributed by atoms with Gasteiger partial charge >= 0.3 is 5.69 Å². The molecule has 1 aromatic rings. The number of hydrogen-bond acceptors (Lipinski definition) is 4. The number of nitrogens with one attached hydrogen (secondary N) is 1. The Labute approximate surface area is 160 Å². The van der Waals surface area contributed by atoms with Gasteiger partial charge in [0.25, 0.3) is 0 Å². The normalized spacial score (nSPS) is 16.6. The highest BCUT2D eigenvalue weighted by molar-refractivity contribution is 5.89. The fourth-order valence-corrected chi connectivity index (χ4v) is 3.31. The number of aromatic nitrogens is 2. The Hall–Kier alpha value is -1.76. The minimum absolute atomic E-state index is 0.296. The van der Waals surface area contributed by atoms with Crippen LogP contribution in [0.15, 0.2) is 11.0 Å². The Morgan fingerprint density at radius 1 is 1.22 bits per heavy atom. The predicted molar refractivity (Wildman–Crippen MR) is 103 cm³/mol. The first kappa shape index (κ1) is 21.5. The number of rotatable bonds is 12. The summed E-state index contributed by atoms with van der Waals surface area (Å²) in [4.78, 5) is 27.7. The molecule has 1 aromatic heterocycles. The van der Waals surface area contributed by atoms with E-state index in [1.165, 1.54) is 38.5 Å². The Kier molecular flexibility index (Phi) is 9.45. The third-order valence-electron chi connectivity index (χ3n) is 4.89. The molecular weight excluding hydrogens is 349 g/mol. The summed E-state index contributed by atoms with van der Waals surface area (Å²) in [6, 6.07) is 0. The highest BCUT2D eigenvalue weighted by atomic mass is 19.1. The van der Waals surface area contributed by atoms with Crippen molar-refractivity contribution in [3.8, 4) is 0 Å². The Balaban J connectivity index is 1.68. The van der Waals surface area contributed by atoms with Crippen molar-refractivity contribution in [2.24, 2.45) is 0 Å². The first-order valence-electron chi connectivity index (χ1n) is 10.3. The summed E-state index contributed by atoms with van der Waals surface area (Å²) >= 11 is 0. The minimum Gasteiger partial charge on any atom is -0.358 e. The van der Waals surface area contributed by atoms with Gasteiger partial charge in [0.1, 0.15) is 6.23 Å². The molecule has 2 rings (SSSR count). The maximum absolute atomic E-state index is 14.2. The number of carbonyl (C=O) groups is 1. The van der Waals surface area contributed by atoms with Gasteiger partial charge in [-0.15, -0.1) is 0 Å². The number of halogens is 1. The van der Waals surface area contributed by atoms with Gasteiger partial charge in [-0.2, -0.15) is 4.98 Å². The van der Waals surface area contributed by atoms with E-state index in [-0.39, 0.29) is 11.7 Å². The molecule has 6 nitrogen and oxygen atoms in total. The second kappa shape index (κ2) is 11.8. The molecule has 1 aliphatic heterocycles. The molecule has 0 radical (unpaired) electrons. The van der Waals surface area contributed by atoms with E-state index >= 15 is 0 Å². The average Bonchev–Trinajstić information content (AvgIpc) is 3.17. The molecule has 0 saturated carbocycles. The van der Waals surface area contributed by atoms with E-state index in [0.29, 0.717) is 19.4 Å². The molecule has 152 valence electrons. The summed E-state index contributed by atoms with van der Waals surface area (Å²) in [5.41, 5.74) is -0.610. The maximum atomic E-state index is 14.2. The molecule has 1 fully saturated rings. The van der Waals surface area contributed by atoms with Crippen LogP contribution in [0.5, 0.6) is 0 Å². The van der Waals surface area contributed by atoms with Crippen molar-refractivity contribution in [3.63, 3.8) is 0 Å². The quantitative estimate of drug-likeness (QED) is 0.539. The lowest BCUT2D eigenvalue weighted by Gasteiger charge is -2.13. The lowest BCUT2D eigenvalue weighted by atomic mass is 10.1. The van der Waals surface area contributed by atoms with Crippen LogP contribution in [-0.4, -0.2) is 22.1 Å². The van der Waals surface area contributed by atoms with E-state index in [2.05, 4.69) is 17.2 Å². The highest BCUT2D eigenvalue weighted by Gasteiger charge is 2.21. The van der Waals surface area contributed by atoms with E-state index in [9.17, 15) is 14.0 Å². The first-order chi connectivity index (χ1) is 13.1. The molecule has 7 heteroatoms. The maximum Gasteiger partial charge on any atom is 0.351 e. The van der Waals surface area contributed by atoms with Crippen molar-refractivity contribution in [3.05, 3.63) is 22.5 Å². The zero-order valence-electron chi connectivity index (χ0n) is 16.3. The number of ether oxygens (including phenoxy) is 1. The van der Waals surface area contributed by atoms with Gasteiger partial charge in [0, 0.05) is 13.0 Å². The summed E-state index contributed by atoms with van der Waals surface area (Å²) < 4.78 is 20.7. The van der Waals surface area contributed by atoms with Crippen LogP contribution in [0.4, 0.5) is 10.2 Å². The first-order valence-corrected chi connectivity index (χ1v) is 10.3. The molecule has 1 aliphatic rings. The van der Waals surface area contributed by atoms with Gasteiger partial charge in [-0.1, -0.05) is 58.3 Å². The summed E-state index contributed by atoms with van der Waals surface area (Å²) in [6.07, 6.45) is 12.9. The lowest BCUT2D eigenvalue weighted by molar-refractivity contribution is -0.116. The van der Waals surface area contributed by atoms with E-state index < -0.39 is 17.7 Å². The predicted octanol–water partition coefficient (Wildman–Crippen LogP) is 4.55. The molecule has 27 heavy (non-hydrogen) atoms. The monoisotopic (exact) mass is 381 g/mol. The van der Waals surface area contributed by atoms with Gasteiger partial charge in [-0.3, -0.25) is 9.36 Å². The molecule has 1 saturated heterocycles. The van der Waals surface area contributed by atoms with Crippen LogP contribution >= 0.6 is 0 Å². The van der Waals surface area contributed by atoms with Gasteiger partial charge in [0.05, 0.1) is 6.20 Å². The third kappa shape index (κ3) is 7.40. The molecule has 0 spiro atoms. The van der Waals surface area contributed by atoms with Gasteiger partial charge < -0.3 is 10.1 Å². The van der Waals surface area contributed by atoms with E-state index in [1.54, 1.807) is 0 Å². The third-order valence-corrected chi connectivity index (χ3v) is 4.89. The highest BCUT2D eigenvalue weighted by Crippen LogP contribution is 2.22. The second-order valence-electron chi connectivity index (χ2n) is 7.22. The molecule has 1 unspecified atom stereocenters. The van der Waals surface area contributed by atoms with Gasteiger partial charge in [-0.25, -0.2) is 9.18 Å². The summed E-state index contributed by atoms with van der Waals surface area (Å²) in [5.74, 6) is -1.32. The van der Waals surface area contributed by atoms with E-state index in [1.807, 2.05) is 0 Å². The van der Waals surface area contributed by atoms with Crippen LogP contribution in [0.1, 0.15) is 90.2 Å². The summed E-state index contributed by atoms with van der Waals surface area (Å²) in [7, 11) is 0. The summed E-state index contributed by atoms with van der Waals surface area (Å²) in [6.45, 7) is 2.76. The molecule has 2 heterocycles. The van der Waals surface area contributed by atoms with E-state index in [4.69, 9.17) is 4.74 Å². The fraction of sp³-hybridized carbons (Fsp3) is 0.750. The molecular formula is C20H32FN3O3. The number of anilines is 1. The minimum atomic E-state index is -0.717. The second-order valence-corrected chi connectivity index (χ2v) is 7.22. The average molecular weight is 381 g/mol. The van der Waals surface area contributed by atoms with Crippen LogP contribution in [0.25, 0.3) is 0 Å². The number of amides is 1. The van der Waals surface area contributed by atoms with Crippen molar-refractivity contribution in [1.82, 2.24) is 9.55 Å². The topological polar surface area (TPSA) is 73.2 Å². The lowest BCUT2D eigenvalue weighted by Crippen LogP contribution is -2.29. The Morgan fingerprint density at radius 2 is 1.89 bits per heavy atom. The van der Waals surface area contributed by atoms with Crippen LogP contribution in [0.3, 0.4) is 0 Å². The van der Waals surface area contributed by atoms with E-state index in [0.717, 1.165) is 36.4 Å². The fourth-order valence-electron chi connectivity index (χ4n) is 3.31. The number of hydrogen-bond donors (Lipinski definition) is 1. The standard InChI is InChI=1S/C20H32FN3O3/c1-2-3-4-5-6-7-8-9-10-12-17(25)22-19-16(21)15-24(20(26)23-19)18-13-11-14-27-18/h15,18H,2-14H2,1H3,(H,22,23,25,26). The molecule has 0 aromatic carbocycles. The summed E-state index contributed by atoms with van der Waals surface area (Å²) in [5, 5.41) is 2.41. The van der Waals surface area contributed by atoms with Crippen LogP contribution in [0, 0.1) is 5.82 Å². The van der Waals surface area contributed by atoms with Gasteiger partial charge in [0.2, 0.25) is 5.91 Å². The molecule has 0 bridgehead atoms. The largest absolute Gasteiger partial charge is 0.358 e. The zero-order valence-corrected chi connectivity index (χ0v) is 16.3. The molecule has 1 atom stereocenters. The van der Waals surface area contributed by atoms with Crippen molar-refractivity contribution < 1.29 is 13.9 Å². The van der Waals surface area contributed by atoms with Crippen molar-refractivity contribution in [1.29, 1.82) is 0 Å². The Morgan fingerprint density at radius 3 is 2.52 bits per heavy atom. The zero-order chi connectivity index (χ0) is 19.5. The SMILES string of the molecule is CCCCCCCCCCCC(=O)Nc1nc(=O)n(C2CCCO2)cc1F.